The van der Waals surface area contributed by atoms with E-state index in [0.29, 0.717) is 13.2 Å². The summed E-state index contributed by atoms with van der Waals surface area (Å²) in [5.74, 6) is 1.57. The molecule has 0 atom stereocenters. The number of H-pyrrole nitrogens is 1. The van der Waals surface area contributed by atoms with E-state index >= 15 is 0 Å². The lowest BCUT2D eigenvalue weighted by molar-refractivity contribution is 0.318. The Morgan fingerprint density at radius 1 is 1.33 bits per heavy atom. The van der Waals surface area contributed by atoms with E-state index in [1.165, 1.54) is 0 Å². The molecule has 3 N–H and O–H groups in total. The molecule has 15 heavy (non-hydrogen) atoms. The molecule has 4 heteroatoms. The fourth-order valence-electron chi connectivity index (χ4n) is 1.45. The minimum absolute atomic E-state index is 0.513. The van der Waals surface area contributed by atoms with Gasteiger partial charge in [0.2, 0.25) is 0 Å². The molecular weight excluding hydrogens is 192 g/mol. The van der Waals surface area contributed by atoms with Crippen LogP contribution < -0.4 is 15.2 Å². The summed E-state index contributed by atoms with van der Waals surface area (Å²) < 4.78 is 10.5. The summed E-state index contributed by atoms with van der Waals surface area (Å²) in [4.78, 5) is 3.15. The largest absolute Gasteiger partial charge is 0.497 e. The molecule has 2 aromatic rings. The van der Waals surface area contributed by atoms with Crippen LogP contribution in [-0.2, 0) is 0 Å². The van der Waals surface area contributed by atoms with E-state index < -0.39 is 0 Å². The van der Waals surface area contributed by atoms with E-state index in [1.807, 2.05) is 24.3 Å². The fourth-order valence-corrected chi connectivity index (χ4v) is 1.45. The van der Waals surface area contributed by atoms with Gasteiger partial charge in [0.05, 0.1) is 12.6 Å². The number of hydrogen-bond donors (Lipinski definition) is 2. The van der Waals surface area contributed by atoms with Crippen LogP contribution in [0.1, 0.15) is 0 Å². The first-order chi connectivity index (χ1) is 7.33. The number of benzene rings is 1. The number of rotatable bonds is 4. The smallest absolute Gasteiger partial charge is 0.191 e. The number of methoxy groups -OCH3 is 1. The lowest BCUT2D eigenvalue weighted by Crippen LogP contribution is -2.10. The Hall–Kier alpha value is -1.68. The highest BCUT2D eigenvalue weighted by Crippen LogP contribution is 2.24. The van der Waals surface area contributed by atoms with Crippen LogP contribution in [0, 0.1) is 0 Å². The van der Waals surface area contributed by atoms with Gasteiger partial charge in [0.15, 0.2) is 5.88 Å². The summed E-state index contributed by atoms with van der Waals surface area (Å²) in [5, 5.41) is 1.10. The van der Waals surface area contributed by atoms with Gasteiger partial charge in [-0.1, -0.05) is 0 Å². The van der Waals surface area contributed by atoms with Gasteiger partial charge in [-0.05, 0) is 12.1 Å². The molecule has 1 heterocycles. The highest BCUT2D eigenvalue weighted by molar-refractivity contribution is 5.82. The third kappa shape index (κ3) is 2.05. The molecular formula is C11H14N2O2. The topological polar surface area (TPSA) is 60.3 Å². The number of nitrogens with two attached hydrogens (primary N) is 1. The van der Waals surface area contributed by atoms with Crippen molar-refractivity contribution in [1.29, 1.82) is 0 Å². The molecule has 0 unspecified atom stereocenters. The van der Waals surface area contributed by atoms with Gasteiger partial charge < -0.3 is 20.2 Å². The van der Waals surface area contributed by atoms with E-state index in [1.54, 1.807) is 7.11 Å². The Morgan fingerprint density at radius 3 is 2.93 bits per heavy atom. The second-order valence-electron chi connectivity index (χ2n) is 3.22. The molecule has 0 spiro atoms. The summed E-state index contributed by atoms with van der Waals surface area (Å²) in [6.45, 7) is 1.03. The van der Waals surface area contributed by atoms with Crippen molar-refractivity contribution in [3.8, 4) is 11.6 Å². The Bertz CT molecular complexity index is 451. The van der Waals surface area contributed by atoms with Crippen LogP contribution in [-0.4, -0.2) is 25.2 Å². The highest BCUT2D eigenvalue weighted by atomic mass is 16.5. The predicted octanol–water partition coefficient (Wildman–Crippen LogP) is 1.51. The van der Waals surface area contributed by atoms with Crippen LogP contribution in [0.15, 0.2) is 24.3 Å². The number of hydrogen-bond acceptors (Lipinski definition) is 3. The minimum atomic E-state index is 0.513. The number of ether oxygens (including phenoxy) is 2. The van der Waals surface area contributed by atoms with Crippen LogP contribution in [0.2, 0.25) is 0 Å². The molecule has 0 bridgehead atoms. The van der Waals surface area contributed by atoms with Crippen LogP contribution in [0.5, 0.6) is 11.6 Å². The average molecular weight is 206 g/mol. The molecule has 0 radical (unpaired) electrons. The Kier molecular flexibility index (Phi) is 2.78. The number of aromatic nitrogens is 1. The Morgan fingerprint density at radius 2 is 2.20 bits per heavy atom. The van der Waals surface area contributed by atoms with E-state index in [4.69, 9.17) is 15.2 Å². The van der Waals surface area contributed by atoms with E-state index in [0.717, 1.165) is 22.5 Å². The van der Waals surface area contributed by atoms with Crippen molar-refractivity contribution >= 4 is 10.9 Å². The third-order valence-electron chi connectivity index (χ3n) is 2.18. The van der Waals surface area contributed by atoms with Gasteiger partial charge >= 0.3 is 0 Å². The van der Waals surface area contributed by atoms with Crippen molar-refractivity contribution in [3.05, 3.63) is 24.3 Å². The molecule has 0 aliphatic heterocycles. The zero-order valence-corrected chi connectivity index (χ0v) is 8.62. The minimum Gasteiger partial charge on any atom is -0.497 e. The van der Waals surface area contributed by atoms with E-state index in [-0.39, 0.29) is 0 Å². The van der Waals surface area contributed by atoms with Crippen LogP contribution in [0.25, 0.3) is 10.9 Å². The average Bonchev–Trinajstić information content (AvgIpc) is 2.67. The predicted molar refractivity (Wildman–Crippen MR) is 59.4 cm³/mol. The molecule has 80 valence electrons. The van der Waals surface area contributed by atoms with Crippen molar-refractivity contribution in [2.45, 2.75) is 0 Å². The van der Waals surface area contributed by atoms with Crippen molar-refractivity contribution in [1.82, 2.24) is 4.98 Å². The second-order valence-corrected chi connectivity index (χ2v) is 3.22. The summed E-state index contributed by atoms with van der Waals surface area (Å²) >= 11 is 0. The summed E-state index contributed by atoms with van der Waals surface area (Å²) in [6.07, 6.45) is 0. The highest BCUT2D eigenvalue weighted by Gasteiger charge is 2.02. The monoisotopic (exact) mass is 206 g/mol. The van der Waals surface area contributed by atoms with Crippen molar-refractivity contribution < 1.29 is 9.47 Å². The first-order valence-corrected chi connectivity index (χ1v) is 4.83. The molecule has 0 aliphatic carbocycles. The zero-order chi connectivity index (χ0) is 10.7. The second kappa shape index (κ2) is 4.23. The van der Waals surface area contributed by atoms with Gasteiger partial charge in [0.25, 0.3) is 0 Å². The molecule has 1 aromatic heterocycles. The van der Waals surface area contributed by atoms with Crippen molar-refractivity contribution in [2.24, 2.45) is 5.73 Å². The molecule has 0 fully saturated rings. The van der Waals surface area contributed by atoms with Crippen LogP contribution in [0.3, 0.4) is 0 Å². The van der Waals surface area contributed by atoms with Crippen LogP contribution in [0.4, 0.5) is 0 Å². The quantitative estimate of drug-likeness (QED) is 0.797. The zero-order valence-electron chi connectivity index (χ0n) is 8.62. The lowest BCUT2D eigenvalue weighted by atomic mass is 10.2. The maximum Gasteiger partial charge on any atom is 0.191 e. The molecule has 4 nitrogen and oxygen atoms in total. The SMILES string of the molecule is COc1ccc2cc(OCCN)[nH]c2c1. The molecule has 1 aromatic carbocycles. The van der Waals surface area contributed by atoms with Gasteiger partial charge in [-0.25, -0.2) is 0 Å². The summed E-state index contributed by atoms with van der Waals surface area (Å²) in [5.41, 5.74) is 6.36. The van der Waals surface area contributed by atoms with Gasteiger partial charge in [-0.2, -0.15) is 0 Å². The lowest BCUT2D eigenvalue weighted by Gasteiger charge is -1.99. The summed E-state index contributed by atoms with van der Waals surface area (Å²) in [7, 11) is 1.65. The van der Waals surface area contributed by atoms with Gasteiger partial charge in [0.1, 0.15) is 12.4 Å². The van der Waals surface area contributed by atoms with Crippen molar-refractivity contribution in [3.63, 3.8) is 0 Å². The molecule has 0 saturated carbocycles. The van der Waals surface area contributed by atoms with E-state index in [2.05, 4.69) is 4.98 Å². The van der Waals surface area contributed by atoms with E-state index in [9.17, 15) is 0 Å². The maximum absolute atomic E-state index is 5.39. The van der Waals surface area contributed by atoms with Gasteiger partial charge in [-0.3, -0.25) is 0 Å². The third-order valence-corrected chi connectivity index (χ3v) is 2.18. The Labute approximate surface area is 88.0 Å². The molecule has 0 amide bonds. The molecule has 2 rings (SSSR count). The van der Waals surface area contributed by atoms with Gasteiger partial charge in [0, 0.05) is 24.1 Å². The first-order valence-electron chi connectivity index (χ1n) is 4.83. The van der Waals surface area contributed by atoms with Crippen LogP contribution >= 0.6 is 0 Å². The maximum atomic E-state index is 5.39. The van der Waals surface area contributed by atoms with Gasteiger partial charge in [-0.15, -0.1) is 0 Å². The normalized spacial score (nSPS) is 10.5. The molecule has 0 saturated heterocycles. The number of aromatic amines is 1. The Balaban J connectivity index is 2.29. The number of nitrogens with one attached hydrogen (secondary N) is 1. The fraction of sp³-hybridized carbons (Fsp3) is 0.273. The first kappa shape index (κ1) is 9.86. The standard InChI is InChI=1S/C11H14N2O2/c1-14-9-3-2-8-6-11(15-5-4-12)13-10(8)7-9/h2-3,6-7,13H,4-5,12H2,1H3. The summed E-state index contributed by atoms with van der Waals surface area (Å²) in [6, 6.07) is 7.79. The van der Waals surface area contributed by atoms with Crippen molar-refractivity contribution in [2.75, 3.05) is 20.3 Å². The number of fused-ring (bicyclic) bond motifs is 1. The molecule has 0 aliphatic rings.